The maximum Gasteiger partial charge on any atom is 0.221 e. The Morgan fingerprint density at radius 2 is 2.00 bits per heavy atom. The van der Waals surface area contributed by atoms with Crippen molar-refractivity contribution in [2.45, 2.75) is 19.4 Å². The van der Waals surface area contributed by atoms with Crippen LogP contribution in [0.4, 0.5) is 0 Å². The zero-order chi connectivity index (χ0) is 18.6. The number of halogens is 1. The third-order valence-corrected chi connectivity index (χ3v) is 4.93. The number of hydrogen-bond donors (Lipinski definition) is 1. The average Bonchev–Trinajstić information content (AvgIpc) is 3.10. The van der Waals surface area contributed by atoms with Crippen LogP contribution in [0.25, 0.3) is 10.9 Å². The van der Waals surface area contributed by atoms with Crippen molar-refractivity contribution >= 4 is 28.4 Å². The number of rotatable bonds is 6. The molecule has 0 fully saturated rings. The Labute approximate surface area is 162 Å². The molecule has 0 unspecified atom stereocenters. The summed E-state index contributed by atoms with van der Waals surface area (Å²) in [5.74, 6) is 1.32. The summed E-state index contributed by atoms with van der Waals surface area (Å²) < 4.78 is 13.2. The van der Waals surface area contributed by atoms with Gasteiger partial charge in [-0.05, 0) is 41.6 Å². The summed E-state index contributed by atoms with van der Waals surface area (Å²) in [4.78, 5) is 12.2. The van der Waals surface area contributed by atoms with Crippen LogP contribution in [0.1, 0.15) is 12.0 Å². The minimum atomic E-state index is 0.0384. The molecule has 1 N–H and O–H groups in total. The van der Waals surface area contributed by atoms with Gasteiger partial charge in [-0.2, -0.15) is 0 Å². The van der Waals surface area contributed by atoms with E-state index in [1.807, 2.05) is 30.5 Å². The fraction of sp³-hybridized carbons (Fsp3) is 0.286. The van der Waals surface area contributed by atoms with Crippen LogP contribution in [0.15, 0.2) is 48.7 Å². The predicted molar refractivity (Wildman–Crippen MR) is 106 cm³/mol. The number of fused-ring (bicyclic) bond motifs is 2. The summed E-state index contributed by atoms with van der Waals surface area (Å²) in [5, 5.41) is 4.71. The molecule has 2 aromatic carbocycles. The second kappa shape index (κ2) is 7.92. The second-order valence-electron chi connectivity index (χ2n) is 6.52. The second-order valence-corrected chi connectivity index (χ2v) is 6.93. The van der Waals surface area contributed by atoms with Crippen LogP contribution < -0.4 is 14.8 Å². The van der Waals surface area contributed by atoms with E-state index in [-0.39, 0.29) is 5.91 Å². The minimum absolute atomic E-state index is 0.0384. The van der Waals surface area contributed by atoms with E-state index in [4.69, 9.17) is 21.1 Å². The molecule has 140 valence electrons. The maximum atomic E-state index is 12.2. The van der Waals surface area contributed by atoms with Gasteiger partial charge in [0.1, 0.15) is 13.2 Å². The van der Waals surface area contributed by atoms with Crippen molar-refractivity contribution in [2.24, 2.45) is 0 Å². The SMILES string of the molecule is O=C(CCn1ccc2ccccc21)NCCc1cc(Cl)c2c(c1)OCCO2. The molecule has 1 aromatic heterocycles. The maximum absolute atomic E-state index is 12.2. The van der Waals surface area contributed by atoms with Crippen LogP contribution in [0, 0.1) is 0 Å². The molecule has 0 saturated carbocycles. The Balaban J connectivity index is 1.28. The molecule has 0 bridgehead atoms. The summed E-state index contributed by atoms with van der Waals surface area (Å²) in [5.41, 5.74) is 2.16. The fourth-order valence-corrected chi connectivity index (χ4v) is 3.59. The largest absolute Gasteiger partial charge is 0.486 e. The van der Waals surface area contributed by atoms with Crippen molar-refractivity contribution in [2.75, 3.05) is 19.8 Å². The molecule has 5 nitrogen and oxygen atoms in total. The van der Waals surface area contributed by atoms with Gasteiger partial charge in [0.25, 0.3) is 0 Å². The number of carbonyl (C=O) groups is 1. The first-order chi connectivity index (χ1) is 13.2. The lowest BCUT2D eigenvalue weighted by atomic mass is 10.1. The first-order valence-corrected chi connectivity index (χ1v) is 9.47. The van der Waals surface area contributed by atoms with Crippen molar-refractivity contribution in [1.82, 2.24) is 9.88 Å². The van der Waals surface area contributed by atoms with Gasteiger partial charge in [-0.15, -0.1) is 0 Å². The lowest BCUT2D eigenvalue weighted by Gasteiger charge is -2.20. The van der Waals surface area contributed by atoms with Crippen LogP contribution >= 0.6 is 11.6 Å². The first-order valence-electron chi connectivity index (χ1n) is 9.09. The van der Waals surface area contributed by atoms with E-state index < -0.39 is 0 Å². The summed E-state index contributed by atoms with van der Waals surface area (Å²) in [6.45, 7) is 2.26. The number of nitrogens with zero attached hydrogens (tertiary/aromatic N) is 1. The molecule has 0 atom stereocenters. The highest BCUT2D eigenvalue weighted by molar-refractivity contribution is 6.32. The molecular formula is C21H21ClN2O3. The molecule has 0 aliphatic carbocycles. The standard InChI is InChI=1S/C21H21ClN2O3/c22-17-13-15(14-19-21(17)27-12-11-26-19)5-8-23-20(25)7-10-24-9-6-16-3-1-2-4-18(16)24/h1-4,6,9,13-14H,5,7-8,10-12H2,(H,23,25). The Hall–Kier alpha value is -2.66. The highest BCUT2D eigenvalue weighted by atomic mass is 35.5. The molecule has 0 spiro atoms. The molecule has 0 radical (unpaired) electrons. The monoisotopic (exact) mass is 384 g/mol. The molecule has 2 heterocycles. The van der Waals surface area contributed by atoms with Crippen LogP contribution in [0.2, 0.25) is 5.02 Å². The number of ether oxygens (including phenoxy) is 2. The molecular weight excluding hydrogens is 364 g/mol. The number of aryl methyl sites for hydroxylation is 1. The van der Waals surface area contributed by atoms with Gasteiger partial charge in [0.15, 0.2) is 11.5 Å². The van der Waals surface area contributed by atoms with E-state index in [1.54, 1.807) is 0 Å². The number of benzene rings is 2. The van der Waals surface area contributed by atoms with Crippen molar-refractivity contribution in [1.29, 1.82) is 0 Å². The number of nitrogens with one attached hydrogen (secondary N) is 1. The number of para-hydroxylation sites is 1. The van der Waals surface area contributed by atoms with Crippen LogP contribution in [-0.2, 0) is 17.8 Å². The Morgan fingerprint density at radius 1 is 1.15 bits per heavy atom. The first kappa shape index (κ1) is 17.7. The Bertz CT molecular complexity index is 967. The van der Waals surface area contributed by atoms with Gasteiger partial charge in [0.05, 0.1) is 5.02 Å². The van der Waals surface area contributed by atoms with Crippen molar-refractivity contribution in [3.8, 4) is 11.5 Å². The van der Waals surface area contributed by atoms with E-state index in [1.165, 1.54) is 5.39 Å². The van der Waals surface area contributed by atoms with Crippen molar-refractivity contribution < 1.29 is 14.3 Å². The molecule has 3 aromatic rings. The highest BCUT2D eigenvalue weighted by Crippen LogP contribution is 2.38. The molecule has 1 aliphatic rings. The third-order valence-electron chi connectivity index (χ3n) is 4.65. The van der Waals surface area contributed by atoms with Gasteiger partial charge >= 0.3 is 0 Å². The Kier molecular flexibility index (Phi) is 5.21. The minimum Gasteiger partial charge on any atom is -0.486 e. The van der Waals surface area contributed by atoms with E-state index in [9.17, 15) is 4.79 Å². The van der Waals surface area contributed by atoms with Crippen molar-refractivity contribution in [3.63, 3.8) is 0 Å². The molecule has 1 amide bonds. The zero-order valence-electron chi connectivity index (χ0n) is 14.9. The normalized spacial score (nSPS) is 12.9. The summed E-state index contributed by atoms with van der Waals surface area (Å²) in [7, 11) is 0. The van der Waals surface area contributed by atoms with Crippen LogP contribution in [-0.4, -0.2) is 30.2 Å². The summed E-state index contributed by atoms with van der Waals surface area (Å²) in [6.07, 6.45) is 3.16. The number of carbonyl (C=O) groups excluding carboxylic acids is 1. The topological polar surface area (TPSA) is 52.5 Å². The predicted octanol–water partition coefficient (Wildman–Crippen LogP) is 3.81. The fourth-order valence-electron chi connectivity index (χ4n) is 3.30. The lowest BCUT2D eigenvalue weighted by molar-refractivity contribution is -0.121. The smallest absolute Gasteiger partial charge is 0.221 e. The number of aromatic nitrogens is 1. The molecule has 4 rings (SSSR count). The molecule has 1 aliphatic heterocycles. The Morgan fingerprint density at radius 3 is 2.93 bits per heavy atom. The van der Waals surface area contributed by atoms with Crippen LogP contribution in [0.5, 0.6) is 11.5 Å². The molecule has 6 heteroatoms. The van der Waals surface area contributed by atoms with E-state index in [0.717, 1.165) is 11.1 Å². The van der Waals surface area contributed by atoms with Crippen LogP contribution in [0.3, 0.4) is 0 Å². The number of hydrogen-bond acceptors (Lipinski definition) is 3. The summed E-state index contributed by atoms with van der Waals surface area (Å²) >= 11 is 6.25. The third kappa shape index (κ3) is 4.03. The zero-order valence-corrected chi connectivity index (χ0v) is 15.7. The van der Waals surface area contributed by atoms with Crippen molar-refractivity contribution in [3.05, 3.63) is 59.2 Å². The van der Waals surface area contributed by atoms with E-state index in [2.05, 4.69) is 28.1 Å². The average molecular weight is 385 g/mol. The lowest BCUT2D eigenvalue weighted by Crippen LogP contribution is -2.26. The van der Waals surface area contributed by atoms with Gasteiger partial charge < -0.3 is 19.4 Å². The van der Waals surface area contributed by atoms with Gasteiger partial charge in [-0.1, -0.05) is 29.8 Å². The van der Waals surface area contributed by atoms with Gasteiger partial charge in [0, 0.05) is 31.2 Å². The molecule has 0 saturated heterocycles. The van der Waals surface area contributed by atoms with Gasteiger partial charge in [-0.25, -0.2) is 0 Å². The quantitative estimate of drug-likeness (QED) is 0.703. The van der Waals surface area contributed by atoms with Gasteiger partial charge in [-0.3, -0.25) is 4.79 Å². The van der Waals surface area contributed by atoms with E-state index >= 15 is 0 Å². The highest BCUT2D eigenvalue weighted by Gasteiger charge is 2.16. The van der Waals surface area contributed by atoms with E-state index in [0.29, 0.717) is 55.7 Å². The van der Waals surface area contributed by atoms with Gasteiger partial charge in [0.2, 0.25) is 5.91 Å². The number of amides is 1. The summed E-state index contributed by atoms with van der Waals surface area (Å²) in [6, 6.07) is 14.0. The molecule has 27 heavy (non-hydrogen) atoms.